The van der Waals surface area contributed by atoms with E-state index in [4.69, 9.17) is 0 Å². The van der Waals surface area contributed by atoms with Gasteiger partial charge in [0.15, 0.2) is 0 Å². The van der Waals surface area contributed by atoms with Gasteiger partial charge in [-0.25, -0.2) is 8.42 Å². The summed E-state index contributed by atoms with van der Waals surface area (Å²) in [5.74, 6) is -0.655. The predicted octanol–water partition coefficient (Wildman–Crippen LogP) is 4.31. The predicted molar refractivity (Wildman–Crippen MR) is 143 cm³/mol. The van der Waals surface area contributed by atoms with Crippen molar-refractivity contribution < 1.29 is 18.0 Å². The van der Waals surface area contributed by atoms with Crippen molar-refractivity contribution in [2.75, 3.05) is 17.1 Å². The third-order valence-electron chi connectivity index (χ3n) is 6.58. The third kappa shape index (κ3) is 7.07. The highest BCUT2D eigenvalue weighted by atomic mass is 79.9. The van der Waals surface area contributed by atoms with Gasteiger partial charge in [0.05, 0.1) is 11.9 Å². The Morgan fingerprint density at radius 1 is 1.09 bits per heavy atom. The molecule has 1 saturated carbocycles. The van der Waals surface area contributed by atoms with Crippen molar-refractivity contribution in [2.45, 2.75) is 65.1 Å². The molecule has 1 aliphatic rings. The van der Waals surface area contributed by atoms with E-state index in [0.717, 1.165) is 57.4 Å². The Bertz CT molecular complexity index is 1180. The van der Waals surface area contributed by atoms with Gasteiger partial charge in [-0.3, -0.25) is 13.9 Å². The van der Waals surface area contributed by atoms with Gasteiger partial charge in [0, 0.05) is 17.1 Å². The number of anilines is 1. The van der Waals surface area contributed by atoms with Gasteiger partial charge in [-0.05, 0) is 68.5 Å². The molecule has 7 nitrogen and oxygen atoms in total. The zero-order chi connectivity index (χ0) is 25.8. The van der Waals surface area contributed by atoms with Crippen molar-refractivity contribution in [1.82, 2.24) is 10.2 Å². The lowest BCUT2D eigenvalue weighted by Crippen LogP contribution is -2.52. The number of benzene rings is 2. The Hall–Kier alpha value is -2.39. The van der Waals surface area contributed by atoms with E-state index >= 15 is 0 Å². The molecule has 35 heavy (non-hydrogen) atoms. The monoisotopic (exact) mass is 563 g/mol. The molecular weight excluding hydrogens is 530 g/mol. The maximum Gasteiger partial charge on any atom is 0.244 e. The fourth-order valence-corrected chi connectivity index (χ4v) is 5.43. The summed E-state index contributed by atoms with van der Waals surface area (Å²) in [6.45, 7) is 5.33. The number of sulfonamides is 1. The molecule has 0 aromatic heterocycles. The lowest BCUT2D eigenvalue weighted by atomic mass is 10.1. The molecular formula is C26H34BrN3O4S. The molecule has 0 spiro atoms. The highest BCUT2D eigenvalue weighted by molar-refractivity contribution is 9.10. The molecule has 0 heterocycles. The van der Waals surface area contributed by atoms with Crippen molar-refractivity contribution >= 4 is 43.5 Å². The molecule has 0 unspecified atom stereocenters. The average molecular weight is 565 g/mol. The number of amides is 2. The number of carbonyl (C=O) groups is 2. The Morgan fingerprint density at radius 3 is 2.34 bits per heavy atom. The highest BCUT2D eigenvalue weighted by Crippen LogP contribution is 2.25. The standard InChI is InChI=1S/C26H34BrN3O4S/c1-18-9-5-6-10-21(18)16-29(20(3)26(32)28-22-11-7-8-12-22)25(31)17-30(35(4,33)34)23-13-14-24(27)19(2)15-23/h5-6,9-10,13-15,20,22H,7-8,11-12,16-17H2,1-4H3,(H,28,32)/t20-/m0/s1. The minimum atomic E-state index is -3.75. The first-order valence-corrected chi connectivity index (χ1v) is 14.5. The number of aryl methyl sites for hydroxylation is 2. The number of hydrogen-bond donors (Lipinski definition) is 1. The van der Waals surface area contributed by atoms with Gasteiger partial charge in [-0.15, -0.1) is 0 Å². The second-order valence-corrected chi connectivity index (χ2v) is 12.1. The minimum Gasteiger partial charge on any atom is -0.352 e. The van der Waals surface area contributed by atoms with Crippen LogP contribution in [-0.2, 0) is 26.2 Å². The molecule has 2 aromatic rings. The lowest BCUT2D eigenvalue weighted by molar-refractivity contribution is -0.139. The van der Waals surface area contributed by atoms with Gasteiger partial charge < -0.3 is 10.2 Å². The molecule has 2 amide bonds. The first-order valence-electron chi connectivity index (χ1n) is 11.9. The second kappa shape index (κ2) is 11.6. The molecule has 3 rings (SSSR count). The van der Waals surface area contributed by atoms with Crippen molar-refractivity contribution in [2.24, 2.45) is 0 Å². The largest absolute Gasteiger partial charge is 0.352 e. The Labute approximate surface area is 217 Å². The van der Waals surface area contributed by atoms with Crippen LogP contribution in [0.3, 0.4) is 0 Å². The van der Waals surface area contributed by atoms with E-state index in [1.165, 1.54) is 4.90 Å². The number of halogens is 1. The van der Waals surface area contributed by atoms with E-state index in [2.05, 4.69) is 21.2 Å². The zero-order valence-corrected chi connectivity index (χ0v) is 23.2. The van der Waals surface area contributed by atoms with Crippen molar-refractivity contribution in [3.8, 4) is 0 Å². The van der Waals surface area contributed by atoms with Gasteiger partial charge >= 0.3 is 0 Å². The molecule has 2 aromatic carbocycles. The number of rotatable bonds is 9. The SMILES string of the molecule is Cc1cc(N(CC(=O)N(Cc2ccccc2C)[C@@H](C)C(=O)NC2CCCC2)S(C)(=O)=O)ccc1Br. The third-order valence-corrected chi connectivity index (χ3v) is 8.61. The topological polar surface area (TPSA) is 86.8 Å². The zero-order valence-electron chi connectivity index (χ0n) is 20.8. The lowest BCUT2D eigenvalue weighted by Gasteiger charge is -2.32. The number of nitrogens with one attached hydrogen (secondary N) is 1. The van der Waals surface area contributed by atoms with Gasteiger partial charge in [-0.1, -0.05) is 53.0 Å². The number of hydrogen-bond acceptors (Lipinski definition) is 4. The maximum atomic E-state index is 13.7. The van der Waals surface area contributed by atoms with Crippen LogP contribution >= 0.6 is 15.9 Å². The van der Waals surface area contributed by atoms with Gasteiger partial charge in [-0.2, -0.15) is 0 Å². The molecule has 0 radical (unpaired) electrons. The molecule has 0 saturated heterocycles. The molecule has 1 atom stereocenters. The molecule has 9 heteroatoms. The highest BCUT2D eigenvalue weighted by Gasteiger charge is 2.31. The fourth-order valence-electron chi connectivity index (χ4n) is 4.34. The van der Waals surface area contributed by atoms with Crippen LogP contribution in [0.15, 0.2) is 46.9 Å². The van der Waals surface area contributed by atoms with Crippen molar-refractivity contribution in [3.63, 3.8) is 0 Å². The van der Waals surface area contributed by atoms with Crippen LogP contribution in [0.2, 0.25) is 0 Å². The summed E-state index contributed by atoms with van der Waals surface area (Å²) in [7, 11) is -3.75. The van der Waals surface area contributed by atoms with Crippen LogP contribution in [-0.4, -0.2) is 50.0 Å². The fraction of sp³-hybridized carbons (Fsp3) is 0.462. The van der Waals surface area contributed by atoms with E-state index < -0.39 is 28.5 Å². The summed E-state index contributed by atoms with van der Waals surface area (Å²) >= 11 is 3.43. The van der Waals surface area contributed by atoms with Crippen LogP contribution in [0, 0.1) is 13.8 Å². The number of carbonyl (C=O) groups excluding carboxylic acids is 2. The van der Waals surface area contributed by atoms with E-state index in [1.807, 2.05) is 38.1 Å². The average Bonchev–Trinajstić information content (AvgIpc) is 3.30. The molecule has 1 N–H and O–H groups in total. The summed E-state index contributed by atoms with van der Waals surface area (Å²) < 4.78 is 27.3. The normalized spacial score (nSPS) is 15.0. The molecule has 1 fully saturated rings. The summed E-state index contributed by atoms with van der Waals surface area (Å²) in [6, 6.07) is 12.2. The van der Waals surface area contributed by atoms with Crippen molar-refractivity contribution in [3.05, 3.63) is 63.6 Å². The summed E-state index contributed by atoms with van der Waals surface area (Å²) in [5, 5.41) is 3.07. The van der Waals surface area contributed by atoms with Crippen LogP contribution < -0.4 is 9.62 Å². The van der Waals surface area contributed by atoms with Gasteiger partial charge in [0.2, 0.25) is 21.8 Å². The van der Waals surface area contributed by atoms with E-state index in [9.17, 15) is 18.0 Å². The molecule has 0 bridgehead atoms. The van der Waals surface area contributed by atoms with Crippen molar-refractivity contribution in [1.29, 1.82) is 0 Å². The summed E-state index contributed by atoms with van der Waals surface area (Å²) in [6.07, 6.45) is 5.13. The Balaban J connectivity index is 1.90. The number of nitrogens with zero attached hydrogens (tertiary/aromatic N) is 2. The smallest absolute Gasteiger partial charge is 0.244 e. The van der Waals surface area contributed by atoms with Gasteiger partial charge in [0.1, 0.15) is 12.6 Å². The molecule has 1 aliphatic carbocycles. The first-order chi connectivity index (χ1) is 16.5. The van der Waals surface area contributed by atoms with E-state index in [0.29, 0.717) is 5.69 Å². The van der Waals surface area contributed by atoms with Gasteiger partial charge in [0.25, 0.3) is 0 Å². The van der Waals surface area contributed by atoms with E-state index in [-0.39, 0.29) is 18.5 Å². The molecule has 190 valence electrons. The Kier molecular flexibility index (Phi) is 8.99. The molecule has 0 aliphatic heterocycles. The van der Waals surface area contributed by atoms with E-state index in [1.54, 1.807) is 25.1 Å². The van der Waals surface area contributed by atoms with Crippen LogP contribution in [0.25, 0.3) is 0 Å². The van der Waals surface area contributed by atoms with Crippen LogP contribution in [0.5, 0.6) is 0 Å². The summed E-state index contributed by atoms with van der Waals surface area (Å²) in [4.78, 5) is 28.3. The maximum absolute atomic E-state index is 13.7. The first kappa shape index (κ1) is 27.2. The summed E-state index contributed by atoms with van der Waals surface area (Å²) in [5.41, 5.74) is 3.16. The van der Waals surface area contributed by atoms with Crippen LogP contribution in [0.4, 0.5) is 5.69 Å². The second-order valence-electron chi connectivity index (χ2n) is 9.32. The minimum absolute atomic E-state index is 0.124. The Morgan fingerprint density at radius 2 is 1.74 bits per heavy atom. The van der Waals surface area contributed by atoms with Crippen LogP contribution in [0.1, 0.15) is 49.3 Å². The quantitative estimate of drug-likeness (QED) is 0.492.